The molecule has 0 radical (unpaired) electrons. The van der Waals surface area contributed by atoms with Crippen molar-refractivity contribution in [1.82, 2.24) is 0 Å². The first-order valence-electron chi connectivity index (χ1n) is 6.97. The number of hydrogen-bond donors (Lipinski definition) is 0. The van der Waals surface area contributed by atoms with Crippen LogP contribution >= 0.6 is 0 Å². The van der Waals surface area contributed by atoms with Crippen LogP contribution in [-0.4, -0.2) is 5.78 Å². The third-order valence-electron chi connectivity index (χ3n) is 3.67. The second kappa shape index (κ2) is 6.00. The number of unbranched alkanes of at least 4 members (excludes halogenated alkanes) is 3. The summed E-state index contributed by atoms with van der Waals surface area (Å²) < 4.78 is 0. The van der Waals surface area contributed by atoms with E-state index < -0.39 is 0 Å². The third kappa shape index (κ3) is 2.96. The predicted molar refractivity (Wildman–Crippen MR) is 71.6 cm³/mol. The fraction of sp³-hybridized carbons (Fsp3) is 0.562. The van der Waals surface area contributed by atoms with E-state index in [9.17, 15) is 4.79 Å². The van der Waals surface area contributed by atoms with E-state index in [0.717, 1.165) is 31.2 Å². The fourth-order valence-corrected chi connectivity index (χ4v) is 2.73. The lowest BCUT2D eigenvalue weighted by atomic mass is 9.86. The molecule has 1 aromatic carbocycles. The zero-order valence-electron chi connectivity index (χ0n) is 10.8. The maximum absolute atomic E-state index is 12.0. The van der Waals surface area contributed by atoms with Crippen LogP contribution < -0.4 is 0 Å². The van der Waals surface area contributed by atoms with Gasteiger partial charge in [0.25, 0.3) is 0 Å². The lowest BCUT2D eigenvalue weighted by Gasteiger charge is -2.18. The van der Waals surface area contributed by atoms with E-state index in [1.54, 1.807) is 0 Å². The second-order valence-corrected chi connectivity index (χ2v) is 5.04. The highest BCUT2D eigenvalue weighted by Crippen LogP contribution is 2.25. The zero-order valence-corrected chi connectivity index (χ0v) is 10.8. The largest absolute Gasteiger partial charge is 0.294 e. The minimum Gasteiger partial charge on any atom is -0.294 e. The van der Waals surface area contributed by atoms with Crippen LogP contribution in [0.3, 0.4) is 0 Å². The van der Waals surface area contributed by atoms with Gasteiger partial charge in [-0.05, 0) is 36.8 Å². The molecule has 0 atom stereocenters. The van der Waals surface area contributed by atoms with Crippen molar-refractivity contribution in [2.75, 3.05) is 0 Å². The van der Waals surface area contributed by atoms with E-state index in [-0.39, 0.29) is 0 Å². The van der Waals surface area contributed by atoms with Gasteiger partial charge >= 0.3 is 0 Å². The van der Waals surface area contributed by atoms with Crippen molar-refractivity contribution >= 4 is 5.78 Å². The first-order chi connectivity index (χ1) is 8.33. The topological polar surface area (TPSA) is 17.1 Å². The van der Waals surface area contributed by atoms with Crippen molar-refractivity contribution in [3.05, 3.63) is 34.9 Å². The molecule has 17 heavy (non-hydrogen) atoms. The molecule has 0 fully saturated rings. The number of rotatable bonds is 5. The van der Waals surface area contributed by atoms with Gasteiger partial charge in [-0.15, -0.1) is 0 Å². The summed E-state index contributed by atoms with van der Waals surface area (Å²) in [6.07, 6.45) is 9.03. The Morgan fingerprint density at radius 2 is 2.00 bits per heavy atom. The van der Waals surface area contributed by atoms with E-state index in [4.69, 9.17) is 0 Å². The van der Waals surface area contributed by atoms with Crippen LogP contribution in [0.5, 0.6) is 0 Å². The van der Waals surface area contributed by atoms with Crippen LogP contribution in [0, 0.1) is 0 Å². The Morgan fingerprint density at radius 1 is 1.12 bits per heavy atom. The lowest BCUT2D eigenvalue weighted by molar-refractivity contribution is 0.0971. The Morgan fingerprint density at radius 3 is 2.82 bits per heavy atom. The van der Waals surface area contributed by atoms with Gasteiger partial charge in [-0.2, -0.15) is 0 Å². The Hall–Kier alpha value is -1.11. The third-order valence-corrected chi connectivity index (χ3v) is 3.67. The van der Waals surface area contributed by atoms with Crippen LogP contribution in [0.15, 0.2) is 18.2 Å². The minimum absolute atomic E-state index is 0.373. The number of fused-ring (bicyclic) bond motifs is 1. The van der Waals surface area contributed by atoms with Gasteiger partial charge in [0, 0.05) is 12.0 Å². The van der Waals surface area contributed by atoms with Crippen molar-refractivity contribution in [1.29, 1.82) is 0 Å². The fourth-order valence-electron chi connectivity index (χ4n) is 2.73. The molecule has 0 amide bonds. The maximum Gasteiger partial charge on any atom is 0.163 e. The molecule has 92 valence electrons. The smallest absolute Gasteiger partial charge is 0.163 e. The first kappa shape index (κ1) is 12.3. The predicted octanol–water partition coefficient (Wildman–Crippen LogP) is 4.33. The molecule has 0 aliphatic heterocycles. The molecule has 0 unspecified atom stereocenters. The molecule has 0 heterocycles. The number of Topliss-reactive ketones (excluding diaryl/α,β-unsaturated/α-hetero) is 1. The molecule has 0 saturated carbocycles. The van der Waals surface area contributed by atoms with E-state index in [1.165, 1.54) is 36.8 Å². The van der Waals surface area contributed by atoms with Crippen molar-refractivity contribution in [3.63, 3.8) is 0 Å². The van der Waals surface area contributed by atoms with Crippen LogP contribution in [0.25, 0.3) is 0 Å². The molecular weight excluding hydrogens is 208 g/mol. The lowest BCUT2D eigenvalue weighted by Crippen LogP contribution is -2.13. The Kier molecular flexibility index (Phi) is 4.36. The average molecular weight is 230 g/mol. The highest BCUT2D eigenvalue weighted by molar-refractivity contribution is 5.99. The van der Waals surface area contributed by atoms with Crippen LogP contribution in [-0.2, 0) is 12.8 Å². The van der Waals surface area contributed by atoms with E-state index in [2.05, 4.69) is 25.1 Å². The monoisotopic (exact) mass is 230 g/mol. The summed E-state index contributed by atoms with van der Waals surface area (Å²) >= 11 is 0. The molecule has 0 aromatic heterocycles. The molecule has 1 heteroatoms. The highest BCUT2D eigenvalue weighted by atomic mass is 16.1. The second-order valence-electron chi connectivity index (χ2n) is 5.04. The molecule has 1 aliphatic rings. The van der Waals surface area contributed by atoms with Crippen LogP contribution in [0.1, 0.15) is 66.9 Å². The molecule has 1 aliphatic carbocycles. The molecule has 1 nitrogen and oxygen atoms in total. The highest BCUT2D eigenvalue weighted by Gasteiger charge is 2.19. The van der Waals surface area contributed by atoms with E-state index in [1.807, 2.05) is 0 Å². The molecule has 0 bridgehead atoms. The molecule has 0 saturated heterocycles. The summed E-state index contributed by atoms with van der Waals surface area (Å²) in [5.41, 5.74) is 3.65. The quantitative estimate of drug-likeness (QED) is 0.688. The molecular formula is C16H22O. The average Bonchev–Trinajstić information content (AvgIpc) is 2.35. The number of hydrogen-bond acceptors (Lipinski definition) is 1. The number of ketones is 1. The Labute approximate surface area is 104 Å². The number of carbonyl (C=O) groups excluding carboxylic acids is 1. The summed E-state index contributed by atoms with van der Waals surface area (Å²) in [6.45, 7) is 2.23. The summed E-state index contributed by atoms with van der Waals surface area (Å²) in [4.78, 5) is 12.0. The van der Waals surface area contributed by atoms with Crippen molar-refractivity contribution < 1.29 is 4.79 Å². The van der Waals surface area contributed by atoms with Crippen molar-refractivity contribution in [3.8, 4) is 0 Å². The van der Waals surface area contributed by atoms with Gasteiger partial charge in [0.2, 0.25) is 0 Å². The van der Waals surface area contributed by atoms with Gasteiger partial charge in [-0.1, -0.05) is 44.4 Å². The van der Waals surface area contributed by atoms with Gasteiger partial charge in [-0.25, -0.2) is 0 Å². The molecule has 0 spiro atoms. The maximum atomic E-state index is 12.0. The summed E-state index contributed by atoms with van der Waals surface area (Å²) in [5, 5.41) is 0. The van der Waals surface area contributed by atoms with Crippen molar-refractivity contribution in [2.24, 2.45) is 0 Å². The molecule has 1 aromatic rings. The SMILES string of the molecule is CCCCCCc1cccc2c1C(=O)CCC2. The summed E-state index contributed by atoms with van der Waals surface area (Å²) in [7, 11) is 0. The summed E-state index contributed by atoms with van der Waals surface area (Å²) in [6, 6.07) is 6.39. The van der Waals surface area contributed by atoms with Crippen LogP contribution in [0.4, 0.5) is 0 Å². The number of benzene rings is 1. The minimum atomic E-state index is 0.373. The van der Waals surface area contributed by atoms with Gasteiger partial charge in [0.1, 0.15) is 0 Å². The summed E-state index contributed by atoms with van der Waals surface area (Å²) in [5.74, 6) is 0.373. The number of carbonyl (C=O) groups is 1. The van der Waals surface area contributed by atoms with Crippen molar-refractivity contribution in [2.45, 2.75) is 58.3 Å². The van der Waals surface area contributed by atoms with E-state index >= 15 is 0 Å². The number of aryl methyl sites for hydroxylation is 2. The molecule has 0 N–H and O–H groups in total. The van der Waals surface area contributed by atoms with Gasteiger partial charge < -0.3 is 0 Å². The standard InChI is InChI=1S/C16H22O/c1-2-3-4-5-8-13-9-6-10-14-11-7-12-15(17)16(13)14/h6,9-10H,2-5,7-8,11-12H2,1H3. The Balaban J connectivity index is 2.09. The first-order valence-corrected chi connectivity index (χ1v) is 6.97. The zero-order chi connectivity index (χ0) is 12.1. The van der Waals surface area contributed by atoms with Gasteiger partial charge in [-0.3, -0.25) is 4.79 Å². The van der Waals surface area contributed by atoms with Gasteiger partial charge in [0.15, 0.2) is 5.78 Å². The normalized spacial score (nSPS) is 14.8. The Bertz CT molecular complexity index is 393. The van der Waals surface area contributed by atoms with Crippen LogP contribution in [0.2, 0.25) is 0 Å². The van der Waals surface area contributed by atoms with Gasteiger partial charge in [0.05, 0.1) is 0 Å². The van der Waals surface area contributed by atoms with E-state index in [0.29, 0.717) is 5.78 Å². The molecule has 2 rings (SSSR count).